The Labute approximate surface area is 375 Å². The zero-order valence-electron chi connectivity index (χ0n) is 57.1. The van der Waals surface area contributed by atoms with Crippen molar-refractivity contribution in [3.05, 3.63) is 175 Å². The van der Waals surface area contributed by atoms with Crippen LogP contribution in [0.3, 0.4) is 0 Å². The predicted molar refractivity (Wildman–Crippen MR) is 240 cm³/mol. The number of aromatic nitrogens is 3. The Balaban J connectivity index is 1.29. The molecule has 0 atom stereocenters. The number of hydrogen-bond acceptors (Lipinski definition) is 6. The SMILES string of the molecule is [2H]c1c([2H])c([2H])c(-c2nc(-c3c([2H])c([2H])c([2H])c([2H])c3[2H])nc(-c3c([2H])c([2H])c([2H])c4c3sc3c(-c5c([2H])c(-c6c([2H])c([2H])c([2H])c7oc8c([2H])c([2H])c([2H])c([2H])c8c67)c6c(sc7c([2H])c([2H])c([2H])c([2H])c76)c5[2H])c([2H])c([2H])c([2H])c34)n2)c([2H])c1[2H]. The monoisotopic (exact) mass is 792 g/mol. The van der Waals surface area contributed by atoms with E-state index in [1.165, 1.54) is 0 Å². The van der Waals surface area contributed by atoms with Crippen molar-refractivity contribution in [3.63, 3.8) is 0 Å². The third-order valence-electron chi connectivity index (χ3n) is 8.94. The summed E-state index contributed by atoms with van der Waals surface area (Å²) in [7, 11) is 0. The summed E-state index contributed by atoms with van der Waals surface area (Å²) in [5, 5.41) is -2.27. The topological polar surface area (TPSA) is 51.8 Å². The van der Waals surface area contributed by atoms with Crippen molar-refractivity contribution >= 4 is 85.0 Å². The second-order valence-electron chi connectivity index (χ2n) is 12.1. The van der Waals surface area contributed by atoms with E-state index >= 15 is 0 Å². The van der Waals surface area contributed by atoms with Crippen LogP contribution in [0, 0.1) is 0 Å². The molecule has 0 aliphatic carbocycles. The number of fused-ring (bicyclic) bond motifs is 9. The molecule has 4 nitrogen and oxygen atoms in total. The van der Waals surface area contributed by atoms with Crippen LogP contribution in [-0.2, 0) is 0 Å². The van der Waals surface area contributed by atoms with Crippen molar-refractivity contribution in [1.29, 1.82) is 0 Å². The molecular formula is C51H29N3OS2. The maximum absolute atomic E-state index is 10.4. The van der Waals surface area contributed by atoms with Crippen molar-refractivity contribution in [2.45, 2.75) is 0 Å². The van der Waals surface area contributed by atoms with Gasteiger partial charge in [-0.25, -0.2) is 15.0 Å². The van der Waals surface area contributed by atoms with Gasteiger partial charge in [-0.2, -0.15) is 0 Å². The number of furan rings is 1. The molecule has 4 heterocycles. The van der Waals surface area contributed by atoms with Gasteiger partial charge in [0.05, 0.1) is 39.8 Å². The molecule has 0 N–H and O–H groups in total. The minimum atomic E-state index is -0.912. The Morgan fingerprint density at radius 1 is 0.368 bits per heavy atom. The van der Waals surface area contributed by atoms with E-state index in [-0.39, 0.29) is 29.6 Å². The minimum absolute atomic E-state index is 0.194. The number of hydrogen-bond donors (Lipinski definition) is 0. The van der Waals surface area contributed by atoms with Crippen LogP contribution in [0.4, 0.5) is 0 Å². The lowest BCUT2D eigenvalue weighted by Gasteiger charge is -2.11. The minimum Gasteiger partial charge on any atom is -0.456 e. The third kappa shape index (κ3) is 5.15. The van der Waals surface area contributed by atoms with Gasteiger partial charge in [0.2, 0.25) is 0 Å². The highest BCUT2D eigenvalue weighted by molar-refractivity contribution is 7.27. The van der Waals surface area contributed by atoms with Gasteiger partial charge in [0.15, 0.2) is 17.5 Å². The van der Waals surface area contributed by atoms with Crippen LogP contribution in [0.15, 0.2) is 180 Å². The highest BCUT2D eigenvalue weighted by atomic mass is 32.1. The van der Waals surface area contributed by atoms with Crippen molar-refractivity contribution in [2.75, 3.05) is 0 Å². The molecule has 0 radical (unpaired) electrons. The molecule has 8 aromatic carbocycles. The standard InChI is InChI=1S/C51H29N3OS2/c1-3-14-30(15-4-1)49-52-50(31-16-5-2-6-17-31)54-51(53-49)39-24-12-23-36-35-22-11-20-33(47(35)57-48(36)39)32-28-40(46-38-19-8-10-27-43(38)56-44(46)29-32)34-21-13-26-42-45(34)37-18-7-9-25-41(37)55-42/h1-29H/i1D,2D,3D,4D,5D,6D,7D,8D,9D,10D,11D,12D,13D,14D,15D,16D,17D,18D,19D,20D,21D,22D,23D,24D,25D,26D,27D,28D,29D. The van der Waals surface area contributed by atoms with E-state index in [1.54, 1.807) is 0 Å². The summed E-state index contributed by atoms with van der Waals surface area (Å²) < 4.78 is 265. The molecule has 57 heavy (non-hydrogen) atoms. The van der Waals surface area contributed by atoms with Gasteiger partial charge < -0.3 is 4.42 Å². The molecule has 0 aliphatic heterocycles. The molecule has 0 fully saturated rings. The molecule has 4 aromatic heterocycles. The van der Waals surface area contributed by atoms with Gasteiger partial charge in [-0.05, 0) is 58.5 Å². The number of nitrogens with zero attached hydrogens (tertiary/aromatic N) is 3. The highest BCUT2D eigenvalue weighted by Gasteiger charge is 2.21. The van der Waals surface area contributed by atoms with Crippen LogP contribution in [0.1, 0.15) is 39.8 Å². The molecule has 0 aliphatic rings. The zero-order valence-corrected chi connectivity index (χ0v) is 29.7. The van der Waals surface area contributed by atoms with Gasteiger partial charge in [0.25, 0.3) is 0 Å². The van der Waals surface area contributed by atoms with Crippen molar-refractivity contribution in [3.8, 4) is 56.4 Å². The van der Waals surface area contributed by atoms with Gasteiger partial charge in [-0.15, -0.1) is 22.7 Å². The summed E-state index contributed by atoms with van der Waals surface area (Å²) in [4.78, 5) is 13.2. The summed E-state index contributed by atoms with van der Waals surface area (Å²) in [5.41, 5.74) is -5.28. The summed E-state index contributed by atoms with van der Waals surface area (Å²) >= 11 is 1.15. The number of para-hydroxylation sites is 1. The van der Waals surface area contributed by atoms with Crippen LogP contribution in [0.5, 0.6) is 0 Å². The van der Waals surface area contributed by atoms with Crippen LogP contribution in [0.2, 0.25) is 0 Å². The van der Waals surface area contributed by atoms with Crippen LogP contribution in [-0.4, -0.2) is 15.0 Å². The second kappa shape index (κ2) is 12.8. The molecule has 12 aromatic rings. The van der Waals surface area contributed by atoms with Crippen LogP contribution in [0.25, 0.3) is 119 Å². The number of rotatable bonds is 5. The van der Waals surface area contributed by atoms with Crippen molar-refractivity contribution in [1.82, 2.24) is 15.0 Å². The molecule has 12 rings (SSSR count). The Bertz CT molecular complexity index is 5100. The van der Waals surface area contributed by atoms with E-state index in [2.05, 4.69) is 15.0 Å². The summed E-state index contributed by atoms with van der Waals surface area (Å²) in [5.74, 6) is -2.27. The highest BCUT2D eigenvalue weighted by Crippen LogP contribution is 2.49. The third-order valence-corrected chi connectivity index (χ3v) is 11.2. The van der Waals surface area contributed by atoms with Gasteiger partial charge in [0, 0.05) is 67.8 Å². The zero-order chi connectivity index (χ0) is 62.7. The van der Waals surface area contributed by atoms with Gasteiger partial charge in [-0.3, -0.25) is 0 Å². The van der Waals surface area contributed by atoms with E-state index in [4.69, 9.17) is 30.5 Å². The van der Waals surface area contributed by atoms with Gasteiger partial charge in [0.1, 0.15) is 11.2 Å². The molecule has 0 saturated heterocycles. The Morgan fingerprint density at radius 2 is 0.930 bits per heavy atom. The Hall–Kier alpha value is -6.99. The quantitative estimate of drug-likeness (QED) is 0.174. The lowest BCUT2D eigenvalue weighted by Crippen LogP contribution is -2.00. The normalized spacial score (nSPS) is 19.0. The largest absolute Gasteiger partial charge is 0.456 e. The fourth-order valence-corrected chi connectivity index (χ4v) is 8.79. The van der Waals surface area contributed by atoms with Gasteiger partial charge in [-0.1, -0.05) is 139 Å². The Kier molecular flexibility index (Phi) is 3.32. The van der Waals surface area contributed by atoms with Crippen LogP contribution >= 0.6 is 22.7 Å². The first kappa shape index (κ1) is 14.8. The molecule has 0 spiro atoms. The lowest BCUT2D eigenvalue weighted by atomic mass is 9.92. The predicted octanol–water partition coefficient (Wildman–Crippen LogP) is 14.8. The smallest absolute Gasteiger partial charge is 0.165 e. The number of thiophene rings is 2. The average Bonchev–Trinajstić information content (AvgIpc) is 1.53. The fraction of sp³-hybridized carbons (Fsp3) is 0. The van der Waals surface area contributed by atoms with E-state index in [0.717, 1.165) is 0 Å². The van der Waals surface area contributed by atoms with E-state index in [1.807, 2.05) is 0 Å². The summed E-state index contributed by atoms with van der Waals surface area (Å²) in [6.45, 7) is 0. The molecule has 6 heteroatoms. The summed E-state index contributed by atoms with van der Waals surface area (Å²) in [6, 6.07) is -23.7. The van der Waals surface area contributed by atoms with E-state index in [0.29, 0.717) is 22.7 Å². The molecular weight excluding hydrogens is 735 g/mol. The van der Waals surface area contributed by atoms with Crippen LogP contribution < -0.4 is 0 Å². The van der Waals surface area contributed by atoms with E-state index in [9.17, 15) is 13.7 Å². The summed E-state index contributed by atoms with van der Waals surface area (Å²) in [6.07, 6.45) is 0. The molecule has 0 unspecified atom stereocenters. The van der Waals surface area contributed by atoms with Crippen molar-refractivity contribution < 1.29 is 44.2 Å². The number of benzene rings is 8. The first-order valence-electron chi connectivity index (χ1n) is 31.1. The molecule has 0 bridgehead atoms. The first-order valence-corrected chi connectivity index (χ1v) is 18.2. The maximum Gasteiger partial charge on any atom is 0.165 e. The molecule has 0 amide bonds. The molecule has 266 valence electrons. The molecule has 0 saturated carbocycles. The van der Waals surface area contributed by atoms with Gasteiger partial charge >= 0.3 is 0 Å². The first-order chi connectivity index (χ1) is 40.3. The maximum atomic E-state index is 10.4. The lowest BCUT2D eigenvalue weighted by molar-refractivity contribution is 0.669. The van der Waals surface area contributed by atoms with Crippen molar-refractivity contribution in [2.24, 2.45) is 0 Å². The Morgan fingerprint density at radius 3 is 1.68 bits per heavy atom. The second-order valence-corrected chi connectivity index (χ2v) is 14.1. The fourth-order valence-electron chi connectivity index (χ4n) is 6.56. The van der Waals surface area contributed by atoms with E-state index < -0.39 is 264 Å². The average molecular weight is 793 g/mol.